The molecular weight excluding hydrogens is 450 g/mol. The molecule has 0 bridgehead atoms. The number of phenols is 1. The van der Waals surface area contributed by atoms with Gasteiger partial charge in [-0.15, -0.1) is 0 Å². The summed E-state index contributed by atoms with van der Waals surface area (Å²) in [5.74, 6) is -2.03. The number of nitro benzene ring substituents is 1. The van der Waals surface area contributed by atoms with Crippen LogP contribution in [-0.2, 0) is 9.59 Å². The van der Waals surface area contributed by atoms with Gasteiger partial charge in [-0.2, -0.15) is 0 Å². The fourth-order valence-corrected chi connectivity index (χ4v) is 3.67. The summed E-state index contributed by atoms with van der Waals surface area (Å²) in [6.45, 7) is -0.558. The van der Waals surface area contributed by atoms with E-state index in [2.05, 4.69) is 5.32 Å². The molecule has 31 heavy (non-hydrogen) atoms. The molecule has 10 nitrogen and oxygen atoms in total. The summed E-state index contributed by atoms with van der Waals surface area (Å²) in [4.78, 5) is 48.1. The number of rotatable bonds is 6. The van der Waals surface area contributed by atoms with Crippen molar-refractivity contribution < 1.29 is 29.2 Å². The highest BCUT2D eigenvalue weighted by Crippen LogP contribution is 2.39. The number of hydrogen-bond acceptors (Lipinski definition) is 8. The van der Waals surface area contributed by atoms with E-state index in [1.54, 1.807) is 24.3 Å². The summed E-state index contributed by atoms with van der Waals surface area (Å²) in [6.07, 6.45) is 1.13. The van der Waals surface area contributed by atoms with Crippen molar-refractivity contribution >= 4 is 57.9 Å². The molecule has 12 heteroatoms. The molecule has 0 spiro atoms. The number of hydrogen-bond donors (Lipinski definition) is 2. The number of carbonyl (C=O) groups is 3. The third-order valence-corrected chi connectivity index (χ3v) is 5.37. The minimum Gasteiger partial charge on any atom is -0.504 e. The van der Waals surface area contributed by atoms with Crippen LogP contribution >= 0.6 is 23.4 Å². The highest BCUT2D eigenvalue weighted by molar-refractivity contribution is 8.18. The molecular formula is C19H14ClN3O7S. The third kappa shape index (κ3) is 4.78. The number of nitrogens with one attached hydrogen (secondary N) is 1. The lowest BCUT2D eigenvalue weighted by Gasteiger charge is -2.13. The molecule has 1 aliphatic heterocycles. The number of para-hydroxylation sites is 1. The number of thioether (sulfide) groups is 1. The number of phenolic OH excluding ortho intramolecular Hbond substituents is 1. The molecule has 0 aromatic heterocycles. The summed E-state index contributed by atoms with van der Waals surface area (Å²) >= 11 is 6.51. The molecule has 2 aromatic rings. The van der Waals surface area contributed by atoms with E-state index in [1.807, 2.05) is 0 Å². The Labute approximate surface area is 184 Å². The molecule has 0 unspecified atom stereocenters. The first-order valence-corrected chi connectivity index (χ1v) is 9.76. The average molecular weight is 464 g/mol. The number of aromatic hydroxyl groups is 1. The van der Waals surface area contributed by atoms with E-state index in [0.29, 0.717) is 27.4 Å². The lowest BCUT2D eigenvalue weighted by Crippen LogP contribution is -2.36. The first-order chi connectivity index (χ1) is 14.7. The number of methoxy groups -OCH3 is 1. The Kier molecular flexibility index (Phi) is 6.47. The largest absolute Gasteiger partial charge is 0.504 e. The van der Waals surface area contributed by atoms with Gasteiger partial charge in [-0.3, -0.25) is 29.4 Å². The highest BCUT2D eigenvalue weighted by Gasteiger charge is 2.36. The fraction of sp³-hybridized carbons (Fsp3) is 0.105. The number of amides is 3. The molecule has 1 saturated heterocycles. The van der Waals surface area contributed by atoms with Gasteiger partial charge >= 0.3 is 0 Å². The number of non-ortho nitro benzene ring substituents is 1. The minimum atomic E-state index is -0.783. The van der Waals surface area contributed by atoms with Crippen LogP contribution in [0.2, 0.25) is 5.02 Å². The fourth-order valence-electron chi connectivity index (χ4n) is 2.66. The third-order valence-electron chi connectivity index (χ3n) is 4.13. The molecule has 3 amide bonds. The second-order valence-corrected chi connectivity index (χ2v) is 7.54. The second-order valence-electron chi connectivity index (χ2n) is 6.14. The van der Waals surface area contributed by atoms with Gasteiger partial charge in [0, 0.05) is 11.6 Å². The molecule has 0 aliphatic carbocycles. The lowest BCUT2D eigenvalue weighted by atomic mass is 10.1. The summed E-state index contributed by atoms with van der Waals surface area (Å²) in [5.41, 5.74) is -0.137. The maximum absolute atomic E-state index is 12.6. The predicted molar refractivity (Wildman–Crippen MR) is 114 cm³/mol. The summed E-state index contributed by atoms with van der Waals surface area (Å²) in [6, 6.07) is 8.53. The Morgan fingerprint density at radius 3 is 2.71 bits per heavy atom. The molecule has 1 fully saturated rings. The van der Waals surface area contributed by atoms with Crippen molar-refractivity contribution in [3.8, 4) is 11.5 Å². The summed E-state index contributed by atoms with van der Waals surface area (Å²) in [7, 11) is 1.22. The van der Waals surface area contributed by atoms with Crippen LogP contribution in [-0.4, -0.2) is 45.6 Å². The number of benzene rings is 2. The highest BCUT2D eigenvalue weighted by atomic mass is 35.5. The maximum atomic E-state index is 12.6. The van der Waals surface area contributed by atoms with Crippen molar-refractivity contribution in [3.63, 3.8) is 0 Å². The van der Waals surface area contributed by atoms with Crippen molar-refractivity contribution in [2.75, 3.05) is 19.0 Å². The minimum absolute atomic E-state index is 0.0860. The van der Waals surface area contributed by atoms with Gasteiger partial charge in [0.05, 0.1) is 33.7 Å². The molecule has 160 valence electrons. The van der Waals surface area contributed by atoms with E-state index in [4.69, 9.17) is 16.3 Å². The monoisotopic (exact) mass is 463 g/mol. The number of anilines is 1. The van der Waals surface area contributed by atoms with Crippen LogP contribution in [0.3, 0.4) is 0 Å². The number of halogens is 1. The van der Waals surface area contributed by atoms with Gasteiger partial charge < -0.3 is 15.2 Å². The van der Waals surface area contributed by atoms with Gasteiger partial charge in [0.1, 0.15) is 6.54 Å². The molecule has 1 aliphatic rings. The average Bonchev–Trinajstić information content (AvgIpc) is 2.98. The number of nitrogens with zero attached hydrogens (tertiary/aromatic N) is 2. The molecule has 2 aromatic carbocycles. The van der Waals surface area contributed by atoms with Crippen LogP contribution in [0, 0.1) is 10.1 Å². The van der Waals surface area contributed by atoms with Gasteiger partial charge in [0.15, 0.2) is 11.5 Å². The Balaban J connectivity index is 1.82. The van der Waals surface area contributed by atoms with Gasteiger partial charge in [-0.05, 0) is 30.0 Å². The Hall–Kier alpha value is -3.57. The van der Waals surface area contributed by atoms with Crippen LogP contribution in [0.15, 0.2) is 41.3 Å². The first kappa shape index (κ1) is 22.1. The summed E-state index contributed by atoms with van der Waals surface area (Å²) < 4.78 is 4.91. The number of ether oxygens (including phenoxy) is 1. The van der Waals surface area contributed by atoms with Crippen molar-refractivity contribution in [1.82, 2.24) is 4.90 Å². The van der Waals surface area contributed by atoms with Crippen LogP contribution < -0.4 is 10.1 Å². The van der Waals surface area contributed by atoms with E-state index in [1.165, 1.54) is 7.11 Å². The van der Waals surface area contributed by atoms with Gasteiger partial charge in [-0.1, -0.05) is 23.7 Å². The van der Waals surface area contributed by atoms with Gasteiger partial charge in [0.25, 0.3) is 16.8 Å². The van der Waals surface area contributed by atoms with Crippen LogP contribution in [0.4, 0.5) is 16.2 Å². The molecule has 1 heterocycles. The Morgan fingerprint density at radius 1 is 1.35 bits per heavy atom. The van der Waals surface area contributed by atoms with E-state index in [9.17, 15) is 29.6 Å². The van der Waals surface area contributed by atoms with Crippen molar-refractivity contribution in [2.45, 2.75) is 0 Å². The smallest absolute Gasteiger partial charge is 0.294 e. The van der Waals surface area contributed by atoms with Crippen molar-refractivity contribution in [3.05, 3.63) is 62.0 Å². The topological polar surface area (TPSA) is 139 Å². The van der Waals surface area contributed by atoms with Crippen LogP contribution in [0.5, 0.6) is 11.5 Å². The number of carbonyl (C=O) groups excluding carboxylic acids is 3. The molecule has 3 rings (SSSR count). The van der Waals surface area contributed by atoms with Crippen LogP contribution in [0.25, 0.3) is 6.08 Å². The Morgan fingerprint density at radius 2 is 2.06 bits per heavy atom. The lowest BCUT2D eigenvalue weighted by molar-refractivity contribution is -0.385. The SMILES string of the molecule is COc1cc([N+](=O)[O-])cc(/C=C2/SC(=O)N(CC(=O)Nc3ccccc3Cl)C2=O)c1O. The van der Waals surface area contributed by atoms with Crippen molar-refractivity contribution in [1.29, 1.82) is 0 Å². The number of imide groups is 1. The van der Waals surface area contributed by atoms with Crippen molar-refractivity contribution in [2.24, 2.45) is 0 Å². The van der Waals surface area contributed by atoms with Crippen LogP contribution in [0.1, 0.15) is 5.56 Å². The first-order valence-electron chi connectivity index (χ1n) is 8.56. The zero-order chi connectivity index (χ0) is 22.7. The molecule has 0 atom stereocenters. The van der Waals surface area contributed by atoms with E-state index in [0.717, 1.165) is 18.2 Å². The standard InChI is InChI=1S/C19H14ClN3O7S/c1-30-14-8-11(23(28)29)6-10(17(14)25)7-15-18(26)22(19(27)31-15)9-16(24)21-13-5-3-2-4-12(13)20/h2-8,25H,9H2,1H3,(H,21,24)/b15-7+. The van der Waals surface area contributed by atoms with E-state index >= 15 is 0 Å². The Bertz CT molecular complexity index is 1140. The molecule has 0 saturated carbocycles. The quantitative estimate of drug-likeness (QED) is 0.376. The van der Waals surface area contributed by atoms with Gasteiger partial charge in [0.2, 0.25) is 5.91 Å². The summed E-state index contributed by atoms with van der Waals surface area (Å²) in [5, 5.41) is 23.4. The number of nitro groups is 1. The zero-order valence-corrected chi connectivity index (χ0v) is 17.4. The maximum Gasteiger partial charge on any atom is 0.294 e. The van der Waals surface area contributed by atoms with E-state index in [-0.39, 0.29) is 21.9 Å². The predicted octanol–water partition coefficient (Wildman–Crippen LogP) is 3.64. The second kappa shape index (κ2) is 9.06. The normalized spacial score (nSPS) is 14.8. The zero-order valence-electron chi connectivity index (χ0n) is 15.8. The molecule has 0 radical (unpaired) electrons. The molecule has 2 N–H and O–H groups in total. The van der Waals surface area contributed by atoms with E-state index < -0.39 is 34.3 Å². The van der Waals surface area contributed by atoms with Gasteiger partial charge in [-0.25, -0.2) is 0 Å².